The Labute approximate surface area is 128 Å². The zero-order chi connectivity index (χ0) is 15.5. The summed E-state index contributed by atoms with van der Waals surface area (Å²) >= 11 is 2.84. The minimum absolute atomic E-state index is 0.336. The Morgan fingerprint density at radius 3 is 2.52 bits per heavy atom. The average Bonchev–Trinajstić information content (AvgIpc) is 2.75. The predicted octanol–water partition coefficient (Wildman–Crippen LogP) is 3.30. The van der Waals surface area contributed by atoms with E-state index in [0.717, 1.165) is 12.1 Å². The van der Waals surface area contributed by atoms with Gasteiger partial charge in [0.05, 0.1) is 5.56 Å². The van der Waals surface area contributed by atoms with Crippen molar-refractivity contribution >= 4 is 29.5 Å². The molecular formula is C12H13F3N4S2. The lowest BCUT2D eigenvalue weighted by molar-refractivity contribution is -0.137. The summed E-state index contributed by atoms with van der Waals surface area (Å²) in [6.45, 7) is 0. The van der Waals surface area contributed by atoms with E-state index in [0.29, 0.717) is 27.5 Å². The highest BCUT2D eigenvalue weighted by Gasteiger charge is 2.30. The number of hydrogen-bond acceptors (Lipinski definition) is 5. The molecule has 1 heterocycles. The standard InChI is InChI=1S/C12H13F3N4S2/c1-19-10(16)17-18-11(19)21-6-5-20-9-4-2-3-8(7-9)12(13,14)15/h2-4,7H,5-6H2,1H3,(H2,16,17). The van der Waals surface area contributed by atoms with Crippen molar-refractivity contribution in [1.82, 2.24) is 14.8 Å². The predicted molar refractivity (Wildman–Crippen MR) is 78.3 cm³/mol. The Hall–Kier alpha value is -1.35. The van der Waals surface area contributed by atoms with E-state index in [2.05, 4.69) is 10.2 Å². The fraction of sp³-hybridized carbons (Fsp3) is 0.333. The van der Waals surface area contributed by atoms with Crippen LogP contribution in [0, 0.1) is 0 Å². The number of anilines is 1. The Morgan fingerprint density at radius 1 is 1.19 bits per heavy atom. The van der Waals surface area contributed by atoms with Crippen molar-refractivity contribution in [2.75, 3.05) is 17.2 Å². The van der Waals surface area contributed by atoms with Crippen molar-refractivity contribution in [2.24, 2.45) is 7.05 Å². The second-order valence-electron chi connectivity index (χ2n) is 4.12. The molecule has 0 unspecified atom stereocenters. The lowest BCUT2D eigenvalue weighted by Gasteiger charge is -2.08. The van der Waals surface area contributed by atoms with E-state index in [1.807, 2.05) is 0 Å². The molecule has 2 aromatic rings. The van der Waals surface area contributed by atoms with Gasteiger partial charge in [-0.1, -0.05) is 17.8 Å². The third kappa shape index (κ3) is 4.31. The number of benzene rings is 1. The fourth-order valence-electron chi connectivity index (χ4n) is 1.51. The molecule has 0 aliphatic carbocycles. The van der Waals surface area contributed by atoms with Gasteiger partial charge >= 0.3 is 6.18 Å². The van der Waals surface area contributed by atoms with Crippen LogP contribution in [0.4, 0.5) is 19.1 Å². The van der Waals surface area contributed by atoms with Gasteiger partial charge in [-0.3, -0.25) is 4.57 Å². The number of nitrogen functional groups attached to an aromatic ring is 1. The van der Waals surface area contributed by atoms with Gasteiger partial charge in [0, 0.05) is 23.4 Å². The summed E-state index contributed by atoms with van der Waals surface area (Å²) in [5, 5.41) is 8.32. The Balaban J connectivity index is 1.85. The molecule has 0 amide bonds. The van der Waals surface area contributed by atoms with Crippen LogP contribution in [-0.2, 0) is 13.2 Å². The second-order valence-corrected chi connectivity index (χ2v) is 6.35. The highest BCUT2D eigenvalue weighted by Crippen LogP contribution is 2.32. The second kappa shape index (κ2) is 6.61. The number of aromatic nitrogens is 3. The van der Waals surface area contributed by atoms with Gasteiger partial charge in [-0.15, -0.1) is 22.0 Å². The molecule has 1 aromatic carbocycles. The summed E-state index contributed by atoms with van der Waals surface area (Å²) in [5.74, 6) is 1.70. The molecule has 21 heavy (non-hydrogen) atoms. The molecule has 0 fully saturated rings. The van der Waals surface area contributed by atoms with E-state index in [9.17, 15) is 13.2 Å². The first-order chi connectivity index (χ1) is 9.88. The lowest BCUT2D eigenvalue weighted by atomic mass is 10.2. The molecule has 0 bridgehead atoms. The summed E-state index contributed by atoms with van der Waals surface area (Å²) < 4.78 is 39.4. The van der Waals surface area contributed by atoms with Gasteiger partial charge in [-0.2, -0.15) is 13.2 Å². The molecule has 2 N–H and O–H groups in total. The van der Waals surface area contributed by atoms with E-state index < -0.39 is 11.7 Å². The van der Waals surface area contributed by atoms with Crippen molar-refractivity contribution in [3.63, 3.8) is 0 Å². The first kappa shape index (κ1) is 16.0. The van der Waals surface area contributed by atoms with Crippen LogP contribution < -0.4 is 5.73 Å². The van der Waals surface area contributed by atoms with Crippen LogP contribution in [-0.4, -0.2) is 26.3 Å². The molecule has 0 spiro atoms. The van der Waals surface area contributed by atoms with Gasteiger partial charge in [0.25, 0.3) is 0 Å². The van der Waals surface area contributed by atoms with Crippen LogP contribution >= 0.6 is 23.5 Å². The molecule has 4 nitrogen and oxygen atoms in total. The van der Waals surface area contributed by atoms with Crippen molar-refractivity contribution in [3.8, 4) is 0 Å². The van der Waals surface area contributed by atoms with E-state index in [4.69, 9.17) is 5.73 Å². The number of thioether (sulfide) groups is 2. The van der Waals surface area contributed by atoms with Gasteiger partial charge in [0.2, 0.25) is 5.95 Å². The maximum absolute atomic E-state index is 12.6. The molecule has 9 heteroatoms. The van der Waals surface area contributed by atoms with E-state index in [1.165, 1.54) is 29.6 Å². The molecule has 0 atom stereocenters. The zero-order valence-corrected chi connectivity index (χ0v) is 12.7. The summed E-state index contributed by atoms with van der Waals surface area (Å²) in [6.07, 6.45) is -4.30. The van der Waals surface area contributed by atoms with Crippen LogP contribution in [0.1, 0.15) is 5.56 Å². The van der Waals surface area contributed by atoms with Crippen molar-refractivity contribution in [1.29, 1.82) is 0 Å². The maximum atomic E-state index is 12.6. The quantitative estimate of drug-likeness (QED) is 0.672. The van der Waals surface area contributed by atoms with Crippen LogP contribution in [0.2, 0.25) is 0 Å². The topological polar surface area (TPSA) is 56.7 Å². The Bertz CT molecular complexity index is 613. The smallest absolute Gasteiger partial charge is 0.368 e. The zero-order valence-electron chi connectivity index (χ0n) is 11.1. The van der Waals surface area contributed by atoms with Gasteiger partial charge in [-0.05, 0) is 18.2 Å². The first-order valence-electron chi connectivity index (χ1n) is 5.95. The minimum atomic E-state index is -4.30. The summed E-state index contributed by atoms with van der Waals surface area (Å²) in [4.78, 5) is 0.600. The maximum Gasteiger partial charge on any atom is 0.416 e. The lowest BCUT2D eigenvalue weighted by Crippen LogP contribution is -2.04. The molecule has 0 saturated heterocycles. The van der Waals surface area contributed by atoms with Gasteiger partial charge in [0.15, 0.2) is 5.16 Å². The van der Waals surface area contributed by atoms with Crippen molar-refractivity contribution in [3.05, 3.63) is 29.8 Å². The summed E-state index contributed by atoms with van der Waals surface area (Å²) in [6, 6.07) is 5.32. The van der Waals surface area contributed by atoms with Gasteiger partial charge in [0.1, 0.15) is 0 Å². The molecule has 0 aliphatic rings. The number of rotatable bonds is 5. The molecule has 2 rings (SSSR count). The van der Waals surface area contributed by atoms with Crippen LogP contribution in [0.15, 0.2) is 34.3 Å². The Kier molecular flexibility index (Phi) is 5.04. The van der Waals surface area contributed by atoms with E-state index >= 15 is 0 Å². The summed E-state index contributed by atoms with van der Waals surface area (Å²) in [7, 11) is 1.76. The monoisotopic (exact) mass is 334 g/mol. The van der Waals surface area contributed by atoms with E-state index in [1.54, 1.807) is 17.7 Å². The number of halogens is 3. The largest absolute Gasteiger partial charge is 0.416 e. The SMILES string of the molecule is Cn1c(N)nnc1SCCSc1cccc(C(F)(F)F)c1. The molecule has 0 saturated carbocycles. The highest BCUT2D eigenvalue weighted by molar-refractivity contribution is 8.02. The molecule has 0 aliphatic heterocycles. The minimum Gasteiger partial charge on any atom is -0.368 e. The van der Waals surface area contributed by atoms with E-state index in [-0.39, 0.29) is 0 Å². The Morgan fingerprint density at radius 2 is 1.90 bits per heavy atom. The summed E-state index contributed by atoms with van der Waals surface area (Å²) in [5.41, 5.74) is 4.93. The number of alkyl halides is 3. The molecular weight excluding hydrogens is 321 g/mol. The number of nitrogens with zero attached hydrogens (tertiary/aromatic N) is 3. The fourth-order valence-corrected chi connectivity index (χ4v) is 3.36. The molecule has 1 aromatic heterocycles. The van der Waals surface area contributed by atoms with Crippen LogP contribution in [0.3, 0.4) is 0 Å². The average molecular weight is 334 g/mol. The third-order valence-electron chi connectivity index (χ3n) is 2.61. The molecule has 0 radical (unpaired) electrons. The third-order valence-corrected chi connectivity index (χ3v) is 4.89. The van der Waals surface area contributed by atoms with Gasteiger partial charge in [-0.25, -0.2) is 0 Å². The van der Waals surface area contributed by atoms with Crippen LogP contribution in [0.5, 0.6) is 0 Å². The highest BCUT2D eigenvalue weighted by atomic mass is 32.2. The van der Waals surface area contributed by atoms with Crippen molar-refractivity contribution in [2.45, 2.75) is 16.2 Å². The number of hydrogen-bond donors (Lipinski definition) is 1. The van der Waals surface area contributed by atoms with Gasteiger partial charge < -0.3 is 5.73 Å². The first-order valence-corrected chi connectivity index (χ1v) is 7.93. The van der Waals surface area contributed by atoms with Crippen LogP contribution in [0.25, 0.3) is 0 Å². The normalized spacial score (nSPS) is 11.8. The van der Waals surface area contributed by atoms with Crippen molar-refractivity contribution < 1.29 is 13.2 Å². The number of nitrogens with two attached hydrogens (primary N) is 1. The molecule has 114 valence electrons.